The summed E-state index contributed by atoms with van der Waals surface area (Å²) < 4.78 is 7.10. The van der Waals surface area contributed by atoms with Crippen LogP contribution in [0, 0.1) is 0 Å². The van der Waals surface area contributed by atoms with E-state index >= 15 is 0 Å². The van der Waals surface area contributed by atoms with E-state index in [4.69, 9.17) is 4.74 Å². The zero-order chi connectivity index (χ0) is 19.6. The second-order valence-electron chi connectivity index (χ2n) is 7.29. The van der Waals surface area contributed by atoms with E-state index in [-0.39, 0.29) is 5.56 Å². The summed E-state index contributed by atoms with van der Waals surface area (Å²) in [6.45, 7) is 1.02. The maximum Gasteiger partial charge on any atom is 0.249 e. The first-order chi connectivity index (χ1) is 13.4. The average molecular weight is 382 g/mol. The first-order valence-electron chi connectivity index (χ1n) is 8.86. The predicted molar refractivity (Wildman–Crippen MR) is 101 cm³/mol. The average Bonchev–Trinajstić information content (AvgIpc) is 3.13. The minimum absolute atomic E-state index is 0.243. The summed E-state index contributed by atoms with van der Waals surface area (Å²) in [5.41, 5.74) is -0.899. The highest BCUT2D eigenvalue weighted by molar-refractivity contribution is 6.17. The molecule has 1 aromatic carbocycles. The van der Waals surface area contributed by atoms with E-state index < -0.39 is 30.6 Å². The summed E-state index contributed by atoms with van der Waals surface area (Å²) in [4.78, 5) is 18.7. The summed E-state index contributed by atoms with van der Waals surface area (Å²) in [6.07, 6.45) is 0.108. The summed E-state index contributed by atoms with van der Waals surface area (Å²) in [5, 5.41) is 38.3. The molecule has 0 amide bonds. The zero-order valence-corrected chi connectivity index (χ0v) is 14.9. The predicted octanol–water partition coefficient (Wildman–Crippen LogP) is 0.428. The molecule has 1 aliphatic heterocycles. The zero-order valence-electron chi connectivity index (χ0n) is 14.9. The molecule has 4 heterocycles. The number of hydrogen-bond donors (Lipinski definition) is 4. The molecule has 144 valence electrons. The highest BCUT2D eigenvalue weighted by atomic mass is 16.6. The van der Waals surface area contributed by atoms with Gasteiger partial charge in [0.15, 0.2) is 6.23 Å². The molecule has 5 rings (SSSR count). The van der Waals surface area contributed by atoms with E-state index in [1.54, 1.807) is 18.5 Å². The van der Waals surface area contributed by atoms with Crippen molar-refractivity contribution in [3.63, 3.8) is 0 Å². The van der Waals surface area contributed by atoms with Crippen LogP contribution in [0.1, 0.15) is 13.2 Å². The number of aliphatic hydroxyl groups is 3. The Morgan fingerprint density at radius 3 is 2.82 bits per heavy atom. The number of pyridine rings is 1. The molecular weight excluding hydrogens is 364 g/mol. The SMILES string of the molecule is C[C@@]1(O)[C@H](O)[C@@H](CO)O[C@H]1n1cc2ccc3c4ccc(=O)[nH]c4ncc(n1)c23. The highest BCUT2D eigenvalue weighted by Crippen LogP contribution is 2.39. The molecule has 0 aliphatic carbocycles. The third-order valence-electron chi connectivity index (χ3n) is 5.42. The topological polar surface area (TPSA) is 133 Å². The first-order valence-corrected chi connectivity index (χ1v) is 8.86. The van der Waals surface area contributed by atoms with E-state index in [9.17, 15) is 20.1 Å². The van der Waals surface area contributed by atoms with Crippen LogP contribution in [0.4, 0.5) is 0 Å². The maximum atomic E-state index is 11.7. The van der Waals surface area contributed by atoms with Crippen molar-refractivity contribution >= 4 is 32.7 Å². The summed E-state index contributed by atoms with van der Waals surface area (Å²) >= 11 is 0. The molecule has 4 atom stereocenters. The van der Waals surface area contributed by atoms with Gasteiger partial charge in [-0.1, -0.05) is 12.1 Å². The van der Waals surface area contributed by atoms with Gasteiger partial charge in [0.05, 0.1) is 12.8 Å². The number of nitrogens with zero attached hydrogens (tertiary/aromatic N) is 3. The maximum absolute atomic E-state index is 11.7. The molecule has 9 nitrogen and oxygen atoms in total. The molecule has 0 bridgehead atoms. The Morgan fingerprint density at radius 1 is 1.29 bits per heavy atom. The van der Waals surface area contributed by atoms with Crippen LogP contribution in [0.15, 0.2) is 41.5 Å². The van der Waals surface area contributed by atoms with Crippen molar-refractivity contribution in [1.29, 1.82) is 0 Å². The lowest BCUT2D eigenvalue weighted by Crippen LogP contribution is -2.44. The van der Waals surface area contributed by atoms with E-state index in [1.165, 1.54) is 17.7 Å². The Kier molecular flexibility index (Phi) is 3.59. The summed E-state index contributed by atoms with van der Waals surface area (Å²) in [7, 11) is 0. The summed E-state index contributed by atoms with van der Waals surface area (Å²) in [5.74, 6) is 0. The number of aromatic amines is 1. The summed E-state index contributed by atoms with van der Waals surface area (Å²) in [6, 6.07) is 7.01. The number of nitrogens with one attached hydrogen (secondary N) is 1. The van der Waals surface area contributed by atoms with Gasteiger partial charge in [-0.25, -0.2) is 9.67 Å². The molecule has 4 aromatic rings. The minimum Gasteiger partial charge on any atom is -0.394 e. The second-order valence-corrected chi connectivity index (χ2v) is 7.29. The molecule has 1 aliphatic rings. The number of fused-ring (bicyclic) bond motifs is 2. The fourth-order valence-corrected chi connectivity index (χ4v) is 3.95. The number of rotatable bonds is 2. The van der Waals surface area contributed by atoms with Gasteiger partial charge in [-0.05, 0) is 18.4 Å². The van der Waals surface area contributed by atoms with Crippen molar-refractivity contribution in [1.82, 2.24) is 19.7 Å². The van der Waals surface area contributed by atoms with Crippen LogP contribution in [-0.2, 0) is 4.74 Å². The third kappa shape index (κ3) is 2.31. The highest BCUT2D eigenvalue weighted by Gasteiger charge is 2.53. The van der Waals surface area contributed by atoms with Crippen molar-refractivity contribution < 1.29 is 20.1 Å². The monoisotopic (exact) mass is 382 g/mol. The number of aliphatic hydroxyl groups excluding tert-OH is 2. The van der Waals surface area contributed by atoms with Crippen molar-refractivity contribution in [3.05, 3.63) is 47.0 Å². The fourth-order valence-electron chi connectivity index (χ4n) is 3.95. The normalized spacial score (nSPS) is 27.9. The lowest BCUT2D eigenvalue weighted by atomic mass is 9.97. The van der Waals surface area contributed by atoms with Crippen molar-refractivity contribution in [2.24, 2.45) is 0 Å². The van der Waals surface area contributed by atoms with Crippen molar-refractivity contribution in [2.45, 2.75) is 31.0 Å². The van der Waals surface area contributed by atoms with Gasteiger partial charge in [-0.3, -0.25) is 4.79 Å². The smallest absolute Gasteiger partial charge is 0.249 e. The Labute approximate surface area is 157 Å². The van der Waals surface area contributed by atoms with Gasteiger partial charge >= 0.3 is 0 Å². The number of hydrogen-bond acceptors (Lipinski definition) is 7. The Balaban J connectivity index is 1.77. The lowest BCUT2D eigenvalue weighted by molar-refractivity contribution is -0.102. The van der Waals surface area contributed by atoms with Crippen LogP contribution in [0.5, 0.6) is 0 Å². The van der Waals surface area contributed by atoms with Gasteiger partial charge in [0.2, 0.25) is 5.56 Å². The fraction of sp³-hybridized carbons (Fsp3) is 0.316. The van der Waals surface area contributed by atoms with Crippen molar-refractivity contribution in [3.8, 4) is 0 Å². The quantitative estimate of drug-likeness (QED) is 0.395. The lowest BCUT2D eigenvalue weighted by Gasteiger charge is -2.27. The molecule has 9 heteroatoms. The molecule has 0 unspecified atom stereocenters. The van der Waals surface area contributed by atoms with Gasteiger partial charge in [0, 0.05) is 28.4 Å². The van der Waals surface area contributed by atoms with Gasteiger partial charge < -0.3 is 25.0 Å². The van der Waals surface area contributed by atoms with E-state index in [2.05, 4.69) is 15.1 Å². The molecule has 28 heavy (non-hydrogen) atoms. The molecular formula is C19H18N4O5. The molecule has 1 saturated heterocycles. The van der Waals surface area contributed by atoms with Crippen LogP contribution in [0.3, 0.4) is 0 Å². The van der Waals surface area contributed by atoms with Gasteiger partial charge in [-0.15, -0.1) is 0 Å². The largest absolute Gasteiger partial charge is 0.394 e. The van der Waals surface area contributed by atoms with Crippen LogP contribution in [0.25, 0.3) is 32.7 Å². The third-order valence-corrected chi connectivity index (χ3v) is 5.42. The van der Waals surface area contributed by atoms with Gasteiger partial charge in [0.25, 0.3) is 0 Å². The van der Waals surface area contributed by atoms with Crippen LogP contribution >= 0.6 is 0 Å². The van der Waals surface area contributed by atoms with Crippen LogP contribution in [-0.4, -0.2) is 59.5 Å². The van der Waals surface area contributed by atoms with E-state index in [0.29, 0.717) is 11.2 Å². The minimum atomic E-state index is -1.64. The standard InChI is InChI=1S/C19H18N4O5/c1-19(27)16(26)13(8-24)28-18(19)23-7-9-2-3-10-11-4-5-14(25)21-17(11)20-6-12(22-23)15(9)10/h2-7,13,16,18,24,26-27H,8H2,1H3,(H,21,25)/t13-,16-,18-,19-/m1/s1. The number of aromatic nitrogens is 4. The molecule has 3 aromatic heterocycles. The number of H-pyrrole nitrogens is 1. The first kappa shape index (κ1) is 17.3. The molecule has 0 spiro atoms. The Hall–Kier alpha value is -2.85. The molecule has 0 radical (unpaired) electrons. The molecule has 1 fully saturated rings. The Morgan fingerprint density at radius 2 is 2.07 bits per heavy atom. The molecule has 0 saturated carbocycles. The molecule has 4 N–H and O–H groups in total. The van der Waals surface area contributed by atoms with E-state index in [1.807, 2.05) is 12.1 Å². The van der Waals surface area contributed by atoms with Crippen LogP contribution in [0.2, 0.25) is 0 Å². The van der Waals surface area contributed by atoms with E-state index in [0.717, 1.165) is 21.5 Å². The van der Waals surface area contributed by atoms with Gasteiger partial charge in [-0.2, -0.15) is 5.10 Å². The number of ether oxygens (including phenoxy) is 1. The van der Waals surface area contributed by atoms with Gasteiger partial charge in [0.1, 0.15) is 29.0 Å². The van der Waals surface area contributed by atoms with Crippen LogP contribution < -0.4 is 5.56 Å². The second kappa shape index (κ2) is 5.82. The van der Waals surface area contributed by atoms with Crippen molar-refractivity contribution in [2.75, 3.05) is 6.61 Å². The Bertz CT molecular complexity index is 1280.